The van der Waals surface area contributed by atoms with Crippen molar-refractivity contribution in [1.82, 2.24) is 10.2 Å². The summed E-state index contributed by atoms with van der Waals surface area (Å²) in [7, 11) is 0. The van der Waals surface area contributed by atoms with E-state index in [-0.39, 0.29) is 0 Å². The Kier molecular flexibility index (Phi) is 4.66. The Morgan fingerprint density at radius 2 is 1.94 bits per heavy atom. The minimum absolute atomic E-state index is 0.785. The molecule has 0 aromatic heterocycles. The first kappa shape index (κ1) is 12.4. The van der Waals surface area contributed by atoms with Crippen LogP contribution >= 0.6 is 0 Å². The summed E-state index contributed by atoms with van der Waals surface area (Å²) in [4.78, 5) is 2.76. The zero-order valence-corrected chi connectivity index (χ0v) is 11.0. The number of nitrogens with zero attached hydrogens (tertiary/aromatic N) is 1. The van der Waals surface area contributed by atoms with Gasteiger partial charge >= 0.3 is 0 Å². The molecule has 0 bridgehead atoms. The Morgan fingerprint density at radius 1 is 1.19 bits per heavy atom. The summed E-state index contributed by atoms with van der Waals surface area (Å²) >= 11 is 0. The second-order valence-electron chi connectivity index (χ2n) is 6.14. The predicted molar refractivity (Wildman–Crippen MR) is 69.6 cm³/mol. The van der Waals surface area contributed by atoms with Gasteiger partial charge in [-0.2, -0.15) is 0 Å². The van der Waals surface area contributed by atoms with Crippen molar-refractivity contribution in [3.8, 4) is 0 Å². The van der Waals surface area contributed by atoms with Crippen LogP contribution in [0.5, 0.6) is 0 Å². The van der Waals surface area contributed by atoms with Crippen LogP contribution in [0.4, 0.5) is 0 Å². The molecule has 2 rings (SSSR count). The first-order chi connectivity index (χ1) is 7.75. The molecule has 1 heterocycles. The smallest absolute Gasteiger partial charge is 0.00953 e. The largest absolute Gasteiger partial charge is 0.316 e. The lowest BCUT2D eigenvalue weighted by molar-refractivity contribution is 0.236. The molecule has 0 amide bonds. The van der Waals surface area contributed by atoms with Crippen molar-refractivity contribution in [2.24, 2.45) is 11.8 Å². The third-order valence-corrected chi connectivity index (χ3v) is 4.14. The van der Waals surface area contributed by atoms with Crippen molar-refractivity contribution >= 4 is 0 Å². The fraction of sp³-hybridized carbons (Fsp3) is 1.00. The van der Waals surface area contributed by atoms with Crippen LogP contribution in [0, 0.1) is 11.8 Å². The lowest BCUT2D eigenvalue weighted by Gasteiger charge is -2.23. The first-order valence-corrected chi connectivity index (χ1v) is 7.20. The van der Waals surface area contributed by atoms with Gasteiger partial charge in [-0.25, -0.2) is 0 Å². The molecule has 0 radical (unpaired) electrons. The highest BCUT2D eigenvalue weighted by atomic mass is 15.2. The van der Waals surface area contributed by atoms with Crippen LogP contribution in [-0.2, 0) is 0 Å². The third kappa shape index (κ3) is 3.46. The van der Waals surface area contributed by atoms with Gasteiger partial charge in [-0.3, -0.25) is 0 Å². The molecular formula is C14H28N2. The summed E-state index contributed by atoms with van der Waals surface area (Å²) in [6.45, 7) is 9.70. The average molecular weight is 224 g/mol. The molecule has 1 aliphatic carbocycles. The van der Waals surface area contributed by atoms with Gasteiger partial charge in [0.25, 0.3) is 0 Å². The van der Waals surface area contributed by atoms with Crippen LogP contribution in [0.3, 0.4) is 0 Å². The van der Waals surface area contributed by atoms with E-state index < -0.39 is 0 Å². The summed E-state index contributed by atoms with van der Waals surface area (Å²) in [6.07, 6.45) is 7.29. The third-order valence-electron chi connectivity index (χ3n) is 4.14. The van der Waals surface area contributed by atoms with Gasteiger partial charge in [0.2, 0.25) is 0 Å². The molecule has 2 nitrogen and oxygen atoms in total. The van der Waals surface area contributed by atoms with Crippen molar-refractivity contribution in [2.45, 2.75) is 52.0 Å². The molecule has 1 aliphatic heterocycles. The maximum atomic E-state index is 3.61. The monoisotopic (exact) mass is 224 g/mol. The summed E-state index contributed by atoms with van der Waals surface area (Å²) in [6, 6.07) is 0.940. The molecule has 0 spiro atoms. The molecule has 1 N–H and O–H groups in total. The van der Waals surface area contributed by atoms with Crippen molar-refractivity contribution in [1.29, 1.82) is 0 Å². The normalized spacial score (nSPS) is 28.3. The van der Waals surface area contributed by atoms with Crippen LogP contribution in [0.1, 0.15) is 46.0 Å². The van der Waals surface area contributed by atoms with E-state index in [0.717, 1.165) is 17.9 Å². The number of rotatable bonds is 5. The van der Waals surface area contributed by atoms with Crippen LogP contribution in [0.2, 0.25) is 0 Å². The molecule has 2 heteroatoms. The second kappa shape index (κ2) is 6.02. The number of hydrogen-bond donors (Lipinski definition) is 1. The molecule has 1 saturated heterocycles. The number of hydrogen-bond acceptors (Lipinski definition) is 2. The van der Waals surface area contributed by atoms with Crippen molar-refractivity contribution in [3.63, 3.8) is 0 Å². The minimum Gasteiger partial charge on any atom is -0.316 e. The molecule has 16 heavy (non-hydrogen) atoms. The zero-order chi connectivity index (χ0) is 11.4. The molecule has 2 aliphatic rings. The van der Waals surface area contributed by atoms with E-state index in [2.05, 4.69) is 24.1 Å². The molecule has 1 saturated carbocycles. The van der Waals surface area contributed by atoms with E-state index in [4.69, 9.17) is 0 Å². The summed E-state index contributed by atoms with van der Waals surface area (Å²) in [5.41, 5.74) is 0. The molecule has 94 valence electrons. The zero-order valence-electron chi connectivity index (χ0n) is 11.0. The standard InChI is InChI=1S/C14H28N2/c1-12(2)9-15-10-13-7-8-16(11-13)14-5-3-4-6-14/h12-15H,3-11H2,1-2H3. The summed E-state index contributed by atoms with van der Waals surface area (Å²) in [5, 5.41) is 3.61. The van der Waals surface area contributed by atoms with E-state index in [1.54, 1.807) is 0 Å². The Balaban J connectivity index is 1.63. The van der Waals surface area contributed by atoms with Crippen molar-refractivity contribution < 1.29 is 0 Å². The van der Waals surface area contributed by atoms with E-state index >= 15 is 0 Å². The molecule has 2 fully saturated rings. The predicted octanol–water partition coefficient (Wildman–Crippen LogP) is 2.50. The molecular weight excluding hydrogens is 196 g/mol. The van der Waals surface area contributed by atoms with Gasteiger partial charge < -0.3 is 10.2 Å². The topological polar surface area (TPSA) is 15.3 Å². The van der Waals surface area contributed by atoms with Crippen LogP contribution in [0.15, 0.2) is 0 Å². The highest BCUT2D eigenvalue weighted by molar-refractivity contribution is 4.85. The quantitative estimate of drug-likeness (QED) is 0.772. The van der Waals surface area contributed by atoms with Crippen LogP contribution in [-0.4, -0.2) is 37.1 Å². The van der Waals surface area contributed by atoms with E-state index in [0.29, 0.717) is 0 Å². The van der Waals surface area contributed by atoms with Crippen LogP contribution < -0.4 is 5.32 Å². The number of likely N-dealkylation sites (tertiary alicyclic amines) is 1. The summed E-state index contributed by atoms with van der Waals surface area (Å²) < 4.78 is 0. The van der Waals surface area contributed by atoms with E-state index in [1.165, 1.54) is 58.3 Å². The number of nitrogens with one attached hydrogen (secondary N) is 1. The lowest BCUT2D eigenvalue weighted by atomic mass is 10.1. The van der Waals surface area contributed by atoms with Crippen LogP contribution in [0.25, 0.3) is 0 Å². The maximum Gasteiger partial charge on any atom is 0.00953 e. The Hall–Kier alpha value is -0.0800. The molecule has 0 aromatic carbocycles. The summed E-state index contributed by atoms with van der Waals surface area (Å²) in [5.74, 6) is 1.70. The van der Waals surface area contributed by atoms with Crippen molar-refractivity contribution in [3.05, 3.63) is 0 Å². The Morgan fingerprint density at radius 3 is 2.62 bits per heavy atom. The first-order valence-electron chi connectivity index (χ1n) is 7.20. The van der Waals surface area contributed by atoms with Gasteiger partial charge in [-0.05, 0) is 50.7 Å². The van der Waals surface area contributed by atoms with E-state index in [9.17, 15) is 0 Å². The second-order valence-corrected chi connectivity index (χ2v) is 6.14. The fourth-order valence-electron chi connectivity index (χ4n) is 3.21. The molecule has 1 atom stereocenters. The molecule has 0 aromatic rings. The molecule has 1 unspecified atom stereocenters. The Labute approximate surface area is 101 Å². The van der Waals surface area contributed by atoms with Gasteiger partial charge in [0, 0.05) is 12.6 Å². The highest BCUT2D eigenvalue weighted by Crippen LogP contribution is 2.28. The van der Waals surface area contributed by atoms with E-state index in [1.807, 2.05) is 0 Å². The SMILES string of the molecule is CC(C)CNCC1CCN(C2CCCC2)C1. The average Bonchev–Trinajstić information content (AvgIpc) is 2.85. The highest BCUT2D eigenvalue weighted by Gasteiger charge is 2.29. The minimum atomic E-state index is 0.785. The van der Waals surface area contributed by atoms with Gasteiger partial charge in [-0.1, -0.05) is 26.7 Å². The van der Waals surface area contributed by atoms with Gasteiger partial charge in [0.05, 0.1) is 0 Å². The van der Waals surface area contributed by atoms with Crippen molar-refractivity contribution in [2.75, 3.05) is 26.2 Å². The fourth-order valence-corrected chi connectivity index (χ4v) is 3.21. The van der Waals surface area contributed by atoms with Gasteiger partial charge in [-0.15, -0.1) is 0 Å². The van der Waals surface area contributed by atoms with Gasteiger partial charge in [0.1, 0.15) is 0 Å². The lowest BCUT2D eigenvalue weighted by Crippen LogP contribution is -2.33. The van der Waals surface area contributed by atoms with Gasteiger partial charge in [0.15, 0.2) is 0 Å². The Bertz CT molecular complexity index is 197. The maximum absolute atomic E-state index is 3.61.